The van der Waals surface area contributed by atoms with E-state index in [1.165, 1.54) is 50.9 Å². The molecule has 0 bridgehead atoms. The molecule has 0 radical (unpaired) electrons. The molecule has 5 nitrogen and oxygen atoms in total. The predicted molar refractivity (Wildman–Crippen MR) is 122 cm³/mol. The summed E-state index contributed by atoms with van der Waals surface area (Å²) in [5.74, 6) is 0. The first-order valence-corrected chi connectivity index (χ1v) is 11.1. The molecule has 2 aromatic heterocycles. The molecule has 0 amide bonds. The standard InChI is InChI=1S/C25H29N5/c1-3-8-22(9-4-1)24-19-27-30-20-23(18-26-25(24)30)21-10-16-29(17-11-21)15-7-14-28-12-5-2-6-13-28/h1,3-4,8-11,16,18-20H,2,5-7,12-15,17H2. The van der Waals surface area contributed by atoms with Gasteiger partial charge in [-0.25, -0.2) is 9.50 Å². The summed E-state index contributed by atoms with van der Waals surface area (Å²) in [6, 6.07) is 10.3. The van der Waals surface area contributed by atoms with Crippen molar-refractivity contribution in [2.45, 2.75) is 25.7 Å². The lowest BCUT2D eigenvalue weighted by Gasteiger charge is -2.28. The highest BCUT2D eigenvalue weighted by Gasteiger charge is 2.13. The molecule has 0 N–H and O–H groups in total. The van der Waals surface area contributed by atoms with Crippen molar-refractivity contribution in [2.75, 3.05) is 32.7 Å². The molecule has 1 saturated heterocycles. The summed E-state index contributed by atoms with van der Waals surface area (Å²) >= 11 is 0. The number of allylic oxidation sites excluding steroid dienone is 2. The molecule has 1 aromatic carbocycles. The Morgan fingerprint density at radius 3 is 2.57 bits per heavy atom. The summed E-state index contributed by atoms with van der Waals surface area (Å²) in [6.07, 6.45) is 18.1. The topological polar surface area (TPSA) is 36.7 Å². The van der Waals surface area contributed by atoms with Gasteiger partial charge in [0.2, 0.25) is 0 Å². The zero-order chi connectivity index (χ0) is 20.2. The largest absolute Gasteiger partial charge is 0.374 e. The number of piperidine rings is 1. The number of nitrogens with zero attached hydrogens (tertiary/aromatic N) is 5. The zero-order valence-corrected chi connectivity index (χ0v) is 17.5. The first-order chi connectivity index (χ1) is 14.9. The van der Waals surface area contributed by atoms with Crippen LogP contribution in [-0.2, 0) is 0 Å². The van der Waals surface area contributed by atoms with E-state index in [0.717, 1.165) is 35.4 Å². The third-order valence-corrected chi connectivity index (χ3v) is 6.15. The molecule has 5 heteroatoms. The van der Waals surface area contributed by atoms with Crippen LogP contribution >= 0.6 is 0 Å². The maximum Gasteiger partial charge on any atom is 0.162 e. The summed E-state index contributed by atoms with van der Waals surface area (Å²) in [6.45, 7) is 5.88. The van der Waals surface area contributed by atoms with Gasteiger partial charge >= 0.3 is 0 Å². The van der Waals surface area contributed by atoms with E-state index in [1.54, 1.807) is 0 Å². The second-order valence-electron chi connectivity index (χ2n) is 8.26. The predicted octanol–water partition coefficient (Wildman–Crippen LogP) is 4.49. The average molecular weight is 400 g/mol. The van der Waals surface area contributed by atoms with E-state index in [1.807, 2.05) is 35.1 Å². The highest BCUT2D eigenvalue weighted by Crippen LogP contribution is 2.25. The number of rotatable bonds is 6. The van der Waals surface area contributed by atoms with Crippen molar-refractivity contribution in [1.29, 1.82) is 0 Å². The van der Waals surface area contributed by atoms with E-state index in [0.29, 0.717) is 0 Å². The second kappa shape index (κ2) is 8.84. The lowest BCUT2D eigenvalue weighted by atomic mass is 10.1. The van der Waals surface area contributed by atoms with Crippen LogP contribution in [0.5, 0.6) is 0 Å². The molecular weight excluding hydrogens is 370 g/mol. The Balaban J connectivity index is 1.21. The number of likely N-dealkylation sites (tertiary alicyclic amines) is 1. The number of hydrogen-bond donors (Lipinski definition) is 0. The van der Waals surface area contributed by atoms with Crippen molar-refractivity contribution in [3.63, 3.8) is 0 Å². The van der Waals surface area contributed by atoms with Crippen LogP contribution in [0.1, 0.15) is 31.2 Å². The molecular formula is C25H29N5. The lowest BCUT2D eigenvalue weighted by Crippen LogP contribution is -2.32. The third-order valence-electron chi connectivity index (χ3n) is 6.15. The maximum atomic E-state index is 4.72. The van der Waals surface area contributed by atoms with Gasteiger partial charge in [-0.15, -0.1) is 0 Å². The van der Waals surface area contributed by atoms with E-state index in [9.17, 15) is 0 Å². The number of hydrogen-bond acceptors (Lipinski definition) is 4. The summed E-state index contributed by atoms with van der Waals surface area (Å²) in [5, 5.41) is 4.54. The molecule has 3 aromatic rings. The Kier molecular flexibility index (Phi) is 5.62. The van der Waals surface area contributed by atoms with E-state index < -0.39 is 0 Å². The molecule has 0 saturated carbocycles. The number of benzene rings is 1. The summed E-state index contributed by atoms with van der Waals surface area (Å²) in [4.78, 5) is 9.74. The minimum atomic E-state index is 0.893. The highest BCUT2D eigenvalue weighted by atomic mass is 15.2. The van der Waals surface area contributed by atoms with E-state index in [-0.39, 0.29) is 0 Å². The molecule has 30 heavy (non-hydrogen) atoms. The van der Waals surface area contributed by atoms with E-state index >= 15 is 0 Å². The first kappa shape index (κ1) is 19.1. The fraction of sp³-hybridized carbons (Fsp3) is 0.360. The van der Waals surface area contributed by atoms with Gasteiger partial charge in [-0.2, -0.15) is 5.10 Å². The summed E-state index contributed by atoms with van der Waals surface area (Å²) in [5.41, 5.74) is 5.42. The summed E-state index contributed by atoms with van der Waals surface area (Å²) in [7, 11) is 0. The molecule has 4 heterocycles. The fourth-order valence-electron chi connectivity index (χ4n) is 4.44. The van der Waals surface area contributed by atoms with Gasteiger partial charge in [0, 0.05) is 36.6 Å². The SMILES string of the molecule is C1=CN(CCCN2CCCCC2)CC=C1c1cnc2c(-c3ccccc3)cnn2c1. The fourth-order valence-corrected chi connectivity index (χ4v) is 4.44. The van der Waals surface area contributed by atoms with Crippen molar-refractivity contribution in [2.24, 2.45) is 0 Å². The first-order valence-electron chi connectivity index (χ1n) is 11.1. The molecule has 1 fully saturated rings. The van der Waals surface area contributed by atoms with Gasteiger partial charge in [0.25, 0.3) is 0 Å². The van der Waals surface area contributed by atoms with Gasteiger partial charge < -0.3 is 9.80 Å². The monoisotopic (exact) mass is 399 g/mol. The maximum absolute atomic E-state index is 4.72. The lowest BCUT2D eigenvalue weighted by molar-refractivity contribution is 0.218. The van der Waals surface area contributed by atoms with Crippen LogP contribution in [0.15, 0.2) is 67.3 Å². The number of aromatic nitrogens is 3. The van der Waals surface area contributed by atoms with Crippen LogP contribution in [0.3, 0.4) is 0 Å². The van der Waals surface area contributed by atoms with Gasteiger partial charge in [0.1, 0.15) is 0 Å². The molecule has 0 spiro atoms. The highest BCUT2D eigenvalue weighted by molar-refractivity contribution is 5.79. The van der Waals surface area contributed by atoms with Gasteiger partial charge in [-0.1, -0.05) is 42.8 Å². The van der Waals surface area contributed by atoms with E-state index in [4.69, 9.17) is 4.98 Å². The molecule has 154 valence electrons. The van der Waals surface area contributed by atoms with Crippen LogP contribution < -0.4 is 0 Å². The normalized spacial score (nSPS) is 17.5. The minimum Gasteiger partial charge on any atom is -0.374 e. The van der Waals surface area contributed by atoms with Gasteiger partial charge in [-0.05, 0) is 62.3 Å². The average Bonchev–Trinajstić information content (AvgIpc) is 3.24. The van der Waals surface area contributed by atoms with Crippen LogP contribution in [0.25, 0.3) is 22.3 Å². The molecule has 0 aliphatic carbocycles. The smallest absolute Gasteiger partial charge is 0.162 e. The van der Waals surface area contributed by atoms with E-state index in [2.05, 4.69) is 51.6 Å². The zero-order valence-electron chi connectivity index (χ0n) is 17.5. The molecule has 2 aliphatic heterocycles. The quantitative estimate of drug-likeness (QED) is 0.612. The van der Waals surface area contributed by atoms with Crippen molar-refractivity contribution in [3.8, 4) is 11.1 Å². The Morgan fingerprint density at radius 2 is 1.77 bits per heavy atom. The summed E-state index contributed by atoms with van der Waals surface area (Å²) < 4.78 is 1.89. The molecule has 0 unspecified atom stereocenters. The molecule has 2 aliphatic rings. The van der Waals surface area contributed by atoms with Crippen LogP contribution in [0.2, 0.25) is 0 Å². The van der Waals surface area contributed by atoms with Crippen molar-refractivity contribution in [3.05, 3.63) is 72.8 Å². The van der Waals surface area contributed by atoms with Crippen molar-refractivity contribution >= 4 is 11.2 Å². The van der Waals surface area contributed by atoms with Crippen molar-refractivity contribution in [1.82, 2.24) is 24.4 Å². The Hall–Kier alpha value is -2.92. The minimum absolute atomic E-state index is 0.893. The molecule has 5 rings (SSSR count). The van der Waals surface area contributed by atoms with Gasteiger partial charge in [0.05, 0.1) is 6.20 Å². The Morgan fingerprint density at radius 1 is 0.900 bits per heavy atom. The van der Waals surface area contributed by atoms with Gasteiger partial charge in [0.15, 0.2) is 5.65 Å². The molecule has 0 atom stereocenters. The van der Waals surface area contributed by atoms with Crippen LogP contribution in [0.4, 0.5) is 0 Å². The van der Waals surface area contributed by atoms with Crippen LogP contribution in [-0.4, -0.2) is 57.1 Å². The Bertz CT molecular complexity index is 1040. The van der Waals surface area contributed by atoms with Crippen LogP contribution in [0, 0.1) is 0 Å². The second-order valence-corrected chi connectivity index (χ2v) is 8.26. The Labute approximate surface area is 178 Å². The van der Waals surface area contributed by atoms with Crippen molar-refractivity contribution < 1.29 is 0 Å². The third kappa shape index (κ3) is 4.17. The van der Waals surface area contributed by atoms with Gasteiger partial charge in [-0.3, -0.25) is 0 Å². The number of fused-ring (bicyclic) bond motifs is 1.